The summed E-state index contributed by atoms with van der Waals surface area (Å²) < 4.78 is 2.45. The molecule has 2 aromatic rings. The van der Waals surface area contributed by atoms with Crippen LogP contribution in [0.3, 0.4) is 0 Å². The van der Waals surface area contributed by atoms with Crippen LogP contribution in [0.5, 0.6) is 0 Å². The Kier molecular flexibility index (Phi) is 7.73. The second-order valence-corrected chi connectivity index (χ2v) is 13.0. The Balaban J connectivity index is 1.45. The van der Waals surface area contributed by atoms with Gasteiger partial charge in [0.05, 0.1) is 6.42 Å². The van der Waals surface area contributed by atoms with E-state index < -0.39 is 0 Å². The first-order valence-electron chi connectivity index (χ1n) is 15.5. The van der Waals surface area contributed by atoms with Crippen molar-refractivity contribution in [3.63, 3.8) is 0 Å². The SMILES string of the molecule is CC1=C(/C=C/C2=[N+](C)c3c(C)c(C)c(C)c(C)c3C2)CCCC/C1=C\C=C1/Cc2c(C)c(C)c(C)c(C)c2C1C. The maximum absolute atomic E-state index is 2.48. The Morgan fingerprint density at radius 2 is 1.23 bits per heavy atom. The molecule has 0 radical (unpaired) electrons. The van der Waals surface area contributed by atoms with Gasteiger partial charge in [-0.1, -0.05) is 30.7 Å². The molecule has 1 aliphatic heterocycles. The molecule has 1 unspecified atom stereocenters. The van der Waals surface area contributed by atoms with E-state index in [1.807, 2.05) is 0 Å². The Morgan fingerprint density at radius 1 is 0.625 bits per heavy atom. The molecule has 1 nitrogen and oxygen atoms in total. The Labute approximate surface area is 244 Å². The summed E-state index contributed by atoms with van der Waals surface area (Å²) in [6.45, 7) is 23.2. The molecule has 0 saturated heterocycles. The summed E-state index contributed by atoms with van der Waals surface area (Å²) in [5.41, 5.74) is 25.4. The highest BCUT2D eigenvalue weighted by Crippen LogP contribution is 2.43. The molecule has 2 aromatic carbocycles. The predicted molar refractivity (Wildman–Crippen MR) is 174 cm³/mol. The number of fused-ring (bicyclic) bond motifs is 2. The molecular weight excluding hydrogens is 482 g/mol. The summed E-state index contributed by atoms with van der Waals surface area (Å²) in [4.78, 5) is 0. The second kappa shape index (κ2) is 10.8. The molecule has 1 heterocycles. The predicted octanol–water partition coefficient (Wildman–Crippen LogP) is 10.1. The van der Waals surface area contributed by atoms with Gasteiger partial charge < -0.3 is 0 Å². The Morgan fingerprint density at radius 3 is 1.93 bits per heavy atom. The third-order valence-corrected chi connectivity index (χ3v) is 11.2. The van der Waals surface area contributed by atoms with Crippen LogP contribution in [0.1, 0.15) is 107 Å². The molecule has 0 amide bonds. The summed E-state index contributed by atoms with van der Waals surface area (Å²) in [5, 5.41) is 0. The van der Waals surface area contributed by atoms with Gasteiger partial charge in [0.25, 0.3) is 0 Å². The number of benzene rings is 2. The minimum absolute atomic E-state index is 0.509. The summed E-state index contributed by atoms with van der Waals surface area (Å²) in [6, 6.07) is 0. The molecule has 0 spiro atoms. The molecule has 5 rings (SSSR count). The highest BCUT2D eigenvalue weighted by Gasteiger charge is 2.31. The van der Waals surface area contributed by atoms with Crippen LogP contribution in [0.15, 0.2) is 46.6 Å². The maximum atomic E-state index is 2.48. The molecule has 1 atom stereocenters. The van der Waals surface area contributed by atoms with Crippen molar-refractivity contribution in [3.8, 4) is 0 Å². The first kappa shape index (κ1) is 28.6. The molecule has 0 fully saturated rings. The third kappa shape index (κ3) is 4.60. The van der Waals surface area contributed by atoms with Gasteiger partial charge in [0, 0.05) is 23.1 Å². The normalized spacial score (nSPS) is 21.3. The summed E-state index contributed by atoms with van der Waals surface area (Å²) in [5.74, 6) is 0.509. The third-order valence-electron chi connectivity index (χ3n) is 11.2. The Bertz CT molecular complexity index is 1580. The molecule has 0 bridgehead atoms. The molecule has 0 saturated carbocycles. The molecule has 3 aliphatic rings. The zero-order valence-electron chi connectivity index (χ0n) is 27.1. The quantitative estimate of drug-likeness (QED) is 0.346. The van der Waals surface area contributed by atoms with Crippen LogP contribution in [0.25, 0.3) is 0 Å². The molecule has 210 valence electrons. The lowest BCUT2D eigenvalue weighted by atomic mass is 9.88. The van der Waals surface area contributed by atoms with Crippen molar-refractivity contribution in [2.75, 3.05) is 7.05 Å². The van der Waals surface area contributed by atoms with Gasteiger partial charge in [-0.05, 0) is 161 Å². The van der Waals surface area contributed by atoms with E-state index in [9.17, 15) is 0 Å². The first-order valence-corrected chi connectivity index (χ1v) is 15.5. The lowest BCUT2D eigenvalue weighted by Gasteiger charge is -2.17. The lowest BCUT2D eigenvalue weighted by Crippen LogP contribution is -2.06. The van der Waals surface area contributed by atoms with Crippen molar-refractivity contribution in [2.45, 2.75) is 114 Å². The van der Waals surface area contributed by atoms with Gasteiger partial charge in [0.15, 0.2) is 5.71 Å². The maximum Gasteiger partial charge on any atom is 0.212 e. The van der Waals surface area contributed by atoms with Crippen molar-refractivity contribution in [3.05, 3.63) is 108 Å². The molecular formula is C39H50N+. The summed E-state index contributed by atoms with van der Waals surface area (Å²) in [7, 11) is 2.26. The van der Waals surface area contributed by atoms with Gasteiger partial charge in [0.2, 0.25) is 5.69 Å². The van der Waals surface area contributed by atoms with Crippen molar-refractivity contribution in [1.29, 1.82) is 0 Å². The van der Waals surface area contributed by atoms with E-state index in [0.29, 0.717) is 5.92 Å². The first-order chi connectivity index (χ1) is 18.9. The van der Waals surface area contributed by atoms with Crippen LogP contribution < -0.4 is 0 Å². The number of hydrogen-bond acceptors (Lipinski definition) is 0. The molecule has 0 aromatic heterocycles. The van der Waals surface area contributed by atoms with Gasteiger partial charge >= 0.3 is 0 Å². The van der Waals surface area contributed by atoms with Crippen LogP contribution in [0, 0.1) is 55.4 Å². The number of nitrogens with zero attached hydrogens (tertiary/aromatic N) is 1. The van der Waals surface area contributed by atoms with E-state index in [1.165, 1.54) is 104 Å². The highest BCUT2D eigenvalue weighted by molar-refractivity contribution is 5.97. The van der Waals surface area contributed by atoms with Gasteiger partial charge in [-0.25, -0.2) is 0 Å². The van der Waals surface area contributed by atoms with Crippen LogP contribution in [0.2, 0.25) is 0 Å². The molecule has 2 aliphatic carbocycles. The zero-order valence-corrected chi connectivity index (χ0v) is 27.1. The van der Waals surface area contributed by atoms with E-state index in [4.69, 9.17) is 0 Å². The standard InChI is InChI=1S/C39H50N/c1-22-24(3)28(7)38-31(10)34(20-36(38)26(22)5)17-16-32-14-12-13-15-33(30(32)9)18-19-35-21-37-27(6)23(2)25(4)29(8)39(37)40(35)11/h16-19,31H,12-15,20-21H2,1-11H3/q+1/b19-18+,32-16+,34-17+. The largest absolute Gasteiger partial charge is 0.212 e. The van der Waals surface area contributed by atoms with Crippen molar-refractivity contribution in [2.24, 2.45) is 0 Å². The van der Waals surface area contributed by atoms with Gasteiger partial charge in [0.1, 0.15) is 7.05 Å². The van der Waals surface area contributed by atoms with Gasteiger partial charge in [-0.2, -0.15) is 4.58 Å². The number of allylic oxidation sites excluding steroid dienone is 8. The van der Waals surface area contributed by atoms with Crippen LogP contribution in [0.4, 0.5) is 5.69 Å². The lowest BCUT2D eigenvalue weighted by molar-refractivity contribution is -0.401. The zero-order chi connectivity index (χ0) is 29.0. The highest BCUT2D eigenvalue weighted by atomic mass is 15.0. The van der Waals surface area contributed by atoms with Crippen LogP contribution in [-0.4, -0.2) is 17.3 Å². The van der Waals surface area contributed by atoms with E-state index >= 15 is 0 Å². The number of rotatable bonds is 3. The van der Waals surface area contributed by atoms with Gasteiger partial charge in [-0.3, -0.25) is 0 Å². The molecule has 40 heavy (non-hydrogen) atoms. The summed E-state index contributed by atoms with van der Waals surface area (Å²) in [6.07, 6.45) is 16.8. The van der Waals surface area contributed by atoms with E-state index in [0.717, 1.165) is 12.8 Å². The second-order valence-electron chi connectivity index (χ2n) is 13.0. The van der Waals surface area contributed by atoms with Crippen LogP contribution >= 0.6 is 0 Å². The minimum atomic E-state index is 0.509. The van der Waals surface area contributed by atoms with Gasteiger partial charge in [-0.15, -0.1) is 0 Å². The fraction of sp³-hybridized carbons (Fsp3) is 0.462. The Hall–Kier alpha value is -2.93. The molecule has 0 N–H and O–H groups in total. The number of hydrogen-bond donors (Lipinski definition) is 0. The van der Waals surface area contributed by atoms with Crippen molar-refractivity contribution in [1.82, 2.24) is 0 Å². The average Bonchev–Trinajstić information content (AvgIpc) is 3.38. The monoisotopic (exact) mass is 532 g/mol. The fourth-order valence-electron chi connectivity index (χ4n) is 7.67. The van der Waals surface area contributed by atoms with E-state index in [-0.39, 0.29) is 0 Å². The van der Waals surface area contributed by atoms with Crippen molar-refractivity contribution < 1.29 is 4.58 Å². The summed E-state index contributed by atoms with van der Waals surface area (Å²) >= 11 is 0. The minimum Gasteiger partial charge on any atom is -0.198 e. The van der Waals surface area contributed by atoms with Crippen molar-refractivity contribution >= 4 is 11.4 Å². The molecule has 1 heteroatoms. The van der Waals surface area contributed by atoms with E-state index in [1.54, 1.807) is 16.7 Å². The van der Waals surface area contributed by atoms with E-state index in [2.05, 4.69) is 105 Å². The topological polar surface area (TPSA) is 3.01 Å². The average molecular weight is 533 g/mol. The van der Waals surface area contributed by atoms with Crippen LogP contribution in [-0.2, 0) is 12.8 Å². The smallest absolute Gasteiger partial charge is 0.198 e. The fourth-order valence-corrected chi connectivity index (χ4v) is 7.67.